The highest BCUT2D eigenvalue weighted by Gasteiger charge is 2.35. The van der Waals surface area contributed by atoms with Crippen molar-refractivity contribution in [3.8, 4) is 0 Å². The van der Waals surface area contributed by atoms with Gasteiger partial charge in [0.15, 0.2) is 0 Å². The number of amides is 1. The standard InChI is InChI=1S/C14H27N3O3/c1-11-10-17(6-5-16(11)7-8-19-2)14(18)13-4-3-12(9-15)20-13/h11-13H,3-10,15H2,1-2H3/t11?,12-,13+/m1/s1. The van der Waals surface area contributed by atoms with Crippen molar-refractivity contribution in [1.82, 2.24) is 9.80 Å². The van der Waals surface area contributed by atoms with Gasteiger partial charge in [-0.05, 0) is 19.8 Å². The van der Waals surface area contributed by atoms with Crippen LogP contribution in [0.25, 0.3) is 0 Å². The number of piperazine rings is 1. The summed E-state index contributed by atoms with van der Waals surface area (Å²) in [4.78, 5) is 16.8. The first kappa shape index (κ1) is 15.7. The van der Waals surface area contributed by atoms with Crippen molar-refractivity contribution in [2.75, 3.05) is 46.4 Å². The summed E-state index contributed by atoms with van der Waals surface area (Å²) in [7, 11) is 1.72. The summed E-state index contributed by atoms with van der Waals surface area (Å²) in [6.45, 7) is 6.79. The van der Waals surface area contributed by atoms with Gasteiger partial charge in [-0.25, -0.2) is 0 Å². The zero-order chi connectivity index (χ0) is 14.5. The molecule has 2 saturated heterocycles. The van der Waals surface area contributed by atoms with E-state index in [2.05, 4.69) is 11.8 Å². The SMILES string of the molecule is COCCN1CCN(C(=O)[C@@H]2CC[C@H](CN)O2)CC1C. The van der Waals surface area contributed by atoms with Gasteiger partial charge >= 0.3 is 0 Å². The molecular formula is C14H27N3O3. The van der Waals surface area contributed by atoms with E-state index in [9.17, 15) is 4.79 Å². The molecule has 0 spiro atoms. The van der Waals surface area contributed by atoms with Crippen LogP contribution < -0.4 is 5.73 Å². The molecule has 1 unspecified atom stereocenters. The van der Waals surface area contributed by atoms with Crippen molar-refractivity contribution in [3.63, 3.8) is 0 Å². The first-order chi connectivity index (χ1) is 9.65. The molecule has 6 nitrogen and oxygen atoms in total. The van der Waals surface area contributed by atoms with Crippen LogP contribution in [0.2, 0.25) is 0 Å². The Morgan fingerprint density at radius 2 is 2.20 bits per heavy atom. The Bertz CT molecular complexity index is 327. The van der Waals surface area contributed by atoms with Gasteiger partial charge in [-0.15, -0.1) is 0 Å². The average Bonchev–Trinajstić information content (AvgIpc) is 2.94. The Balaban J connectivity index is 1.81. The molecule has 0 aromatic carbocycles. The van der Waals surface area contributed by atoms with Crippen LogP contribution in [-0.2, 0) is 14.3 Å². The Hall–Kier alpha value is -0.690. The van der Waals surface area contributed by atoms with Gasteiger partial charge in [0, 0.05) is 45.9 Å². The number of carbonyl (C=O) groups is 1. The third-order valence-electron chi connectivity index (χ3n) is 4.31. The normalized spacial score (nSPS) is 31.8. The van der Waals surface area contributed by atoms with E-state index in [4.69, 9.17) is 15.2 Å². The van der Waals surface area contributed by atoms with Crippen LogP contribution >= 0.6 is 0 Å². The molecule has 2 aliphatic rings. The van der Waals surface area contributed by atoms with Gasteiger partial charge in [0.25, 0.3) is 5.91 Å². The van der Waals surface area contributed by atoms with Crippen LogP contribution in [0.4, 0.5) is 0 Å². The molecule has 6 heteroatoms. The van der Waals surface area contributed by atoms with Crippen LogP contribution in [0.15, 0.2) is 0 Å². The Morgan fingerprint density at radius 1 is 1.40 bits per heavy atom. The highest BCUT2D eigenvalue weighted by Crippen LogP contribution is 2.22. The number of rotatable bonds is 5. The summed E-state index contributed by atoms with van der Waals surface area (Å²) in [5.74, 6) is 0.138. The highest BCUT2D eigenvalue weighted by atomic mass is 16.5. The molecule has 0 bridgehead atoms. The summed E-state index contributed by atoms with van der Waals surface area (Å²) in [5.41, 5.74) is 5.59. The molecule has 2 fully saturated rings. The molecule has 0 aromatic rings. The first-order valence-corrected chi connectivity index (χ1v) is 7.53. The smallest absolute Gasteiger partial charge is 0.251 e. The van der Waals surface area contributed by atoms with Gasteiger partial charge in [-0.2, -0.15) is 0 Å². The maximum Gasteiger partial charge on any atom is 0.251 e. The minimum atomic E-state index is -0.277. The average molecular weight is 285 g/mol. The van der Waals surface area contributed by atoms with Crippen LogP contribution in [0.3, 0.4) is 0 Å². The lowest BCUT2D eigenvalue weighted by Crippen LogP contribution is -2.56. The quantitative estimate of drug-likeness (QED) is 0.749. The molecule has 3 atom stereocenters. The van der Waals surface area contributed by atoms with Gasteiger partial charge in [-0.1, -0.05) is 0 Å². The van der Waals surface area contributed by atoms with Gasteiger partial charge in [0.2, 0.25) is 0 Å². The third-order valence-corrected chi connectivity index (χ3v) is 4.31. The third kappa shape index (κ3) is 3.69. The second-order valence-corrected chi connectivity index (χ2v) is 5.72. The van der Waals surface area contributed by atoms with E-state index in [1.54, 1.807) is 7.11 Å². The molecule has 2 aliphatic heterocycles. The molecule has 116 valence electrons. The molecule has 0 radical (unpaired) electrons. The van der Waals surface area contributed by atoms with E-state index in [-0.39, 0.29) is 18.1 Å². The molecule has 0 saturated carbocycles. The lowest BCUT2D eigenvalue weighted by molar-refractivity contribution is -0.145. The number of methoxy groups -OCH3 is 1. The minimum absolute atomic E-state index is 0.0596. The maximum absolute atomic E-state index is 12.4. The zero-order valence-electron chi connectivity index (χ0n) is 12.6. The van der Waals surface area contributed by atoms with E-state index < -0.39 is 0 Å². The van der Waals surface area contributed by atoms with Crippen molar-refractivity contribution in [3.05, 3.63) is 0 Å². The molecule has 2 N–H and O–H groups in total. The summed E-state index contributed by atoms with van der Waals surface area (Å²) in [6, 6.07) is 0.370. The second kappa shape index (κ2) is 7.36. The molecular weight excluding hydrogens is 258 g/mol. The van der Waals surface area contributed by atoms with Crippen LogP contribution in [-0.4, -0.2) is 80.4 Å². The zero-order valence-corrected chi connectivity index (χ0v) is 12.6. The monoisotopic (exact) mass is 285 g/mol. The van der Waals surface area contributed by atoms with Gasteiger partial charge < -0.3 is 20.1 Å². The summed E-state index contributed by atoms with van der Waals surface area (Å²) in [5, 5.41) is 0. The Labute approximate surface area is 121 Å². The largest absolute Gasteiger partial charge is 0.383 e. The fourth-order valence-corrected chi connectivity index (χ4v) is 3.00. The number of hydrogen-bond donors (Lipinski definition) is 1. The lowest BCUT2D eigenvalue weighted by Gasteiger charge is -2.40. The molecule has 0 aliphatic carbocycles. The minimum Gasteiger partial charge on any atom is -0.383 e. The number of nitrogens with two attached hydrogens (primary N) is 1. The summed E-state index contributed by atoms with van der Waals surface area (Å²) >= 11 is 0. The van der Waals surface area contributed by atoms with Crippen LogP contribution in [0.1, 0.15) is 19.8 Å². The predicted octanol–water partition coefficient (Wildman–Crippen LogP) is -0.328. The first-order valence-electron chi connectivity index (χ1n) is 7.53. The van der Waals surface area contributed by atoms with Crippen LogP contribution in [0, 0.1) is 0 Å². The van der Waals surface area contributed by atoms with E-state index in [1.165, 1.54) is 0 Å². The van der Waals surface area contributed by atoms with Crippen molar-refractivity contribution < 1.29 is 14.3 Å². The van der Waals surface area contributed by atoms with E-state index in [1.807, 2.05) is 4.90 Å². The van der Waals surface area contributed by atoms with E-state index in [0.717, 1.165) is 45.6 Å². The lowest BCUT2D eigenvalue weighted by atomic mass is 10.1. The number of ether oxygens (including phenoxy) is 2. The fraction of sp³-hybridized carbons (Fsp3) is 0.929. The summed E-state index contributed by atoms with van der Waals surface area (Å²) in [6.07, 6.45) is 1.49. The van der Waals surface area contributed by atoms with Crippen molar-refractivity contribution in [1.29, 1.82) is 0 Å². The number of hydrogen-bond acceptors (Lipinski definition) is 5. The van der Waals surface area contributed by atoms with Crippen molar-refractivity contribution in [2.24, 2.45) is 5.73 Å². The molecule has 2 heterocycles. The Morgan fingerprint density at radius 3 is 2.80 bits per heavy atom. The molecule has 20 heavy (non-hydrogen) atoms. The number of carbonyl (C=O) groups excluding carboxylic acids is 1. The fourth-order valence-electron chi connectivity index (χ4n) is 3.00. The maximum atomic E-state index is 12.4. The number of nitrogens with zero attached hydrogens (tertiary/aromatic N) is 2. The Kier molecular flexibility index (Phi) is 5.77. The van der Waals surface area contributed by atoms with Crippen molar-refractivity contribution in [2.45, 2.75) is 38.0 Å². The topological polar surface area (TPSA) is 68.0 Å². The van der Waals surface area contributed by atoms with E-state index in [0.29, 0.717) is 12.6 Å². The van der Waals surface area contributed by atoms with E-state index >= 15 is 0 Å². The van der Waals surface area contributed by atoms with Gasteiger partial charge in [-0.3, -0.25) is 9.69 Å². The van der Waals surface area contributed by atoms with Gasteiger partial charge in [0.05, 0.1) is 12.7 Å². The summed E-state index contributed by atoms with van der Waals surface area (Å²) < 4.78 is 10.8. The molecule has 2 rings (SSSR count). The second-order valence-electron chi connectivity index (χ2n) is 5.72. The van der Waals surface area contributed by atoms with Gasteiger partial charge in [0.1, 0.15) is 6.10 Å². The predicted molar refractivity (Wildman–Crippen MR) is 76.4 cm³/mol. The van der Waals surface area contributed by atoms with Crippen molar-refractivity contribution >= 4 is 5.91 Å². The molecule has 0 aromatic heterocycles. The van der Waals surface area contributed by atoms with Crippen LogP contribution in [0.5, 0.6) is 0 Å². The molecule has 1 amide bonds. The highest BCUT2D eigenvalue weighted by molar-refractivity contribution is 5.81.